The number of likely N-dealkylation sites (tertiary alicyclic amines) is 1. The molecule has 14 nitrogen and oxygen atoms in total. The van der Waals surface area contributed by atoms with Crippen LogP contribution in [0.15, 0.2) is 30.3 Å². The van der Waals surface area contributed by atoms with Crippen molar-refractivity contribution in [2.24, 2.45) is 28.6 Å². The van der Waals surface area contributed by atoms with Crippen molar-refractivity contribution in [3.8, 4) is 0 Å². The van der Waals surface area contributed by atoms with Gasteiger partial charge in [-0.15, -0.1) is 0 Å². The van der Waals surface area contributed by atoms with Crippen LogP contribution in [0.1, 0.15) is 86.3 Å². The summed E-state index contributed by atoms with van der Waals surface area (Å²) >= 11 is 0. The standard InChI is InChI=1S/C38H56N6O8/c1-36(2,3)30(42-35(51)52-37(4,5)6)34(50)44-20-23-26(38(23,7)8)28(44)31(47)40-24(18-21-16-17-21)29(46)32(48)39-19-25(45)41-27(33(49)43(9)10)22-14-12-11-13-15-22/h11-15,21,23-24,26-28,30H,16-20H2,1-10H3,(H,39,48)(H,40,47)(H,41,45)(H,42,51)/t23?,24?,26-,27-,28-,30?/m0/s1. The van der Waals surface area contributed by atoms with Crippen molar-refractivity contribution in [1.82, 2.24) is 31.1 Å². The summed E-state index contributed by atoms with van der Waals surface area (Å²) in [5.41, 5.74) is -1.20. The smallest absolute Gasteiger partial charge is 0.408 e. The summed E-state index contributed by atoms with van der Waals surface area (Å²) in [4.78, 5) is 96.4. The average molecular weight is 725 g/mol. The number of ether oxygens (including phenoxy) is 1. The minimum absolute atomic E-state index is 0.0350. The van der Waals surface area contributed by atoms with Gasteiger partial charge in [0.1, 0.15) is 23.7 Å². The Hall–Kier alpha value is -4.49. The van der Waals surface area contributed by atoms with Gasteiger partial charge in [0.2, 0.25) is 29.4 Å². The van der Waals surface area contributed by atoms with Crippen LogP contribution in [0.5, 0.6) is 0 Å². The number of benzene rings is 1. The van der Waals surface area contributed by atoms with Crippen LogP contribution in [-0.2, 0) is 33.5 Å². The van der Waals surface area contributed by atoms with Crippen LogP contribution in [-0.4, -0.2) is 102 Å². The molecule has 4 N–H and O–H groups in total. The van der Waals surface area contributed by atoms with Gasteiger partial charge in [-0.25, -0.2) is 4.79 Å². The van der Waals surface area contributed by atoms with Gasteiger partial charge >= 0.3 is 6.09 Å². The summed E-state index contributed by atoms with van der Waals surface area (Å²) in [5, 5.41) is 10.5. The van der Waals surface area contributed by atoms with Crippen molar-refractivity contribution in [2.75, 3.05) is 27.2 Å². The SMILES string of the molecule is CN(C)C(=O)[C@@H](NC(=O)CNC(=O)C(=O)C(CC1CC1)NC(=O)[C@@H]1[C@@H]2C(CN1C(=O)C(NC(=O)OC(C)(C)C)C(C)(C)C)C2(C)C)c1ccccc1. The molecule has 3 unspecified atom stereocenters. The third-order valence-corrected chi connectivity index (χ3v) is 10.2. The highest BCUT2D eigenvalue weighted by Gasteiger charge is 2.70. The van der Waals surface area contributed by atoms with Gasteiger partial charge in [0.25, 0.3) is 5.91 Å². The number of nitrogens with zero attached hydrogens (tertiary/aromatic N) is 2. The van der Waals surface area contributed by atoms with Crippen molar-refractivity contribution in [3.05, 3.63) is 35.9 Å². The second-order valence-corrected chi connectivity index (χ2v) is 17.3. The monoisotopic (exact) mass is 724 g/mol. The lowest BCUT2D eigenvalue weighted by Gasteiger charge is -2.38. The minimum Gasteiger partial charge on any atom is -0.444 e. The summed E-state index contributed by atoms with van der Waals surface area (Å²) < 4.78 is 5.43. The molecule has 1 saturated heterocycles. The minimum atomic E-state index is -1.17. The highest BCUT2D eigenvalue weighted by molar-refractivity contribution is 6.38. The zero-order valence-electron chi connectivity index (χ0n) is 32.1. The zero-order chi connectivity index (χ0) is 38.9. The van der Waals surface area contributed by atoms with Gasteiger partial charge in [0.05, 0.1) is 12.6 Å². The van der Waals surface area contributed by atoms with Gasteiger partial charge in [-0.2, -0.15) is 0 Å². The molecule has 2 saturated carbocycles. The predicted octanol–water partition coefficient (Wildman–Crippen LogP) is 2.32. The maximum atomic E-state index is 14.2. The molecule has 0 spiro atoms. The van der Waals surface area contributed by atoms with E-state index < -0.39 is 77.2 Å². The molecule has 14 heteroatoms. The molecule has 6 atom stereocenters. The number of hydrogen-bond donors (Lipinski definition) is 4. The molecular formula is C38H56N6O8. The van der Waals surface area contributed by atoms with Crippen molar-refractivity contribution in [3.63, 3.8) is 0 Å². The Morgan fingerprint density at radius 2 is 1.54 bits per heavy atom. The molecule has 0 aromatic heterocycles. The molecule has 4 rings (SSSR count). The number of carbonyl (C=O) groups is 7. The van der Waals surface area contributed by atoms with Gasteiger partial charge < -0.3 is 35.8 Å². The molecule has 3 fully saturated rings. The van der Waals surface area contributed by atoms with E-state index >= 15 is 0 Å². The lowest BCUT2D eigenvalue weighted by Crippen LogP contribution is -2.61. The molecule has 1 aromatic carbocycles. The Labute approximate surface area is 306 Å². The quantitative estimate of drug-likeness (QED) is 0.224. The fourth-order valence-electron chi connectivity index (χ4n) is 7.04. The van der Waals surface area contributed by atoms with E-state index in [0.717, 1.165) is 12.8 Å². The van der Waals surface area contributed by atoms with Gasteiger partial charge in [0, 0.05) is 20.6 Å². The predicted molar refractivity (Wildman–Crippen MR) is 192 cm³/mol. The van der Waals surface area contributed by atoms with Crippen LogP contribution in [0.3, 0.4) is 0 Å². The molecule has 2 aliphatic carbocycles. The van der Waals surface area contributed by atoms with Gasteiger partial charge in [-0.3, -0.25) is 28.8 Å². The molecule has 52 heavy (non-hydrogen) atoms. The van der Waals surface area contributed by atoms with E-state index in [1.807, 2.05) is 34.6 Å². The van der Waals surface area contributed by atoms with Crippen LogP contribution < -0.4 is 21.3 Å². The number of nitrogens with one attached hydrogen (secondary N) is 4. The Morgan fingerprint density at radius 1 is 0.923 bits per heavy atom. The normalized spacial score (nSPS) is 22.1. The molecule has 0 radical (unpaired) electrons. The first-order valence-electron chi connectivity index (χ1n) is 18.0. The number of alkyl carbamates (subject to hydrolysis) is 1. The first kappa shape index (κ1) is 40.3. The second-order valence-electron chi connectivity index (χ2n) is 17.3. The first-order valence-corrected chi connectivity index (χ1v) is 18.0. The van der Waals surface area contributed by atoms with Crippen LogP contribution in [0, 0.1) is 28.6 Å². The number of hydrogen-bond acceptors (Lipinski definition) is 8. The highest BCUT2D eigenvalue weighted by atomic mass is 16.6. The number of fused-ring (bicyclic) bond motifs is 1. The Balaban J connectivity index is 1.46. The number of carbonyl (C=O) groups excluding carboxylic acids is 7. The van der Waals surface area contributed by atoms with E-state index in [0.29, 0.717) is 12.1 Å². The molecule has 1 aromatic rings. The molecule has 3 aliphatic rings. The maximum Gasteiger partial charge on any atom is 0.408 e. The van der Waals surface area contributed by atoms with Gasteiger partial charge in [-0.1, -0.05) is 77.8 Å². The summed E-state index contributed by atoms with van der Waals surface area (Å²) in [5.74, 6) is -3.99. The number of piperidine rings is 1. The van der Waals surface area contributed by atoms with Crippen LogP contribution in [0.25, 0.3) is 0 Å². The number of rotatable bonds is 13. The number of likely N-dealkylation sites (N-methyl/N-ethyl adjacent to an activating group) is 1. The highest BCUT2D eigenvalue weighted by Crippen LogP contribution is 2.65. The third-order valence-electron chi connectivity index (χ3n) is 10.2. The summed E-state index contributed by atoms with van der Waals surface area (Å²) in [6, 6.07) is 4.55. The summed E-state index contributed by atoms with van der Waals surface area (Å²) in [6.07, 6.45) is 1.18. The molecule has 1 heterocycles. The average Bonchev–Trinajstić information content (AvgIpc) is 3.90. The number of amides is 6. The number of ketones is 1. The largest absolute Gasteiger partial charge is 0.444 e. The molecular weight excluding hydrogens is 668 g/mol. The molecule has 6 amide bonds. The maximum absolute atomic E-state index is 14.2. The topological polar surface area (TPSA) is 183 Å². The first-order chi connectivity index (χ1) is 24.0. The Bertz CT molecular complexity index is 1560. The Morgan fingerprint density at radius 3 is 2.08 bits per heavy atom. The summed E-state index contributed by atoms with van der Waals surface area (Å²) in [6.45, 7) is 14.4. The third kappa shape index (κ3) is 9.68. The lowest BCUT2D eigenvalue weighted by atomic mass is 9.85. The lowest BCUT2D eigenvalue weighted by molar-refractivity contribution is -0.145. The van der Waals surface area contributed by atoms with E-state index in [1.165, 1.54) is 9.80 Å². The number of Topliss-reactive ketones (excluding diaryl/α,β-unsaturated/α-hetero) is 1. The fraction of sp³-hybridized carbons (Fsp3) is 0.658. The van der Waals surface area contributed by atoms with E-state index in [2.05, 4.69) is 21.3 Å². The van der Waals surface area contributed by atoms with E-state index in [9.17, 15) is 33.6 Å². The van der Waals surface area contributed by atoms with Crippen LogP contribution in [0.2, 0.25) is 0 Å². The van der Waals surface area contributed by atoms with E-state index in [-0.39, 0.29) is 35.5 Å². The van der Waals surface area contributed by atoms with Crippen LogP contribution in [0.4, 0.5) is 4.79 Å². The van der Waals surface area contributed by atoms with Gasteiger partial charge in [0.15, 0.2) is 0 Å². The second kappa shape index (κ2) is 15.2. The molecule has 0 bridgehead atoms. The Kier molecular flexibility index (Phi) is 11.8. The van der Waals surface area contributed by atoms with Crippen LogP contribution >= 0.6 is 0 Å². The van der Waals surface area contributed by atoms with Crippen molar-refractivity contribution in [2.45, 2.75) is 104 Å². The van der Waals surface area contributed by atoms with E-state index in [4.69, 9.17) is 4.74 Å². The van der Waals surface area contributed by atoms with Crippen molar-refractivity contribution in [1.29, 1.82) is 0 Å². The molecule has 1 aliphatic heterocycles. The zero-order valence-corrected chi connectivity index (χ0v) is 32.1. The summed E-state index contributed by atoms with van der Waals surface area (Å²) in [7, 11) is 3.13. The van der Waals surface area contributed by atoms with Gasteiger partial charge in [-0.05, 0) is 61.3 Å². The van der Waals surface area contributed by atoms with E-state index in [1.54, 1.807) is 65.2 Å². The van der Waals surface area contributed by atoms with Crippen molar-refractivity contribution >= 4 is 41.4 Å². The fourth-order valence-corrected chi connectivity index (χ4v) is 7.04. The molecule has 286 valence electrons. The van der Waals surface area contributed by atoms with Crippen molar-refractivity contribution < 1.29 is 38.3 Å².